The highest BCUT2D eigenvalue weighted by Gasteiger charge is 2.29. The van der Waals surface area contributed by atoms with Crippen molar-refractivity contribution in [3.63, 3.8) is 0 Å². The van der Waals surface area contributed by atoms with E-state index in [1.54, 1.807) is 6.26 Å². The number of hydrogen-bond donors (Lipinski definition) is 0. The van der Waals surface area contributed by atoms with Crippen LogP contribution in [0.15, 0.2) is 53.1 Å². The minimum absolute atomic E-state index is 0.229. The largest absolute Gasteiger partial charge is 0.469 e. The monoisotopic (exact) mass is 269 g/mol. The molecule has 3 nitrogen and oxygen atoms in total. The summed E-state index contributed by atoms with van der Waals surface area (Å²) in [5.74, 6) is 1.11. The van der Waals surface area contributed by atoms with E-state index in [2.05, 4.69) is 12.1 Å². The van der Waals surface area contributed by atoms with Gasteiger partial charge in [-0.15, -0.1) is 0 Å². The van der Waals surface area contributed by atoms with E-state index in [0.29, 0.717) is 12.8 Å². The molecule has 1 aliphatic rings. The first-order valence-corrected chi connectivity index (χ1v) is 7.21. The molecule has 1 fully saturated rings. The average Bonchev–Trinajstić information content (AvgIpc) is 3.17. The van der Waals surface area contributed by atoms with Gasteiger partial charge in [0.1, 0.15) is 5.76 Å². The molecule has 0 aliphatic carbocycles. The topological polar surface area (TPSA) is 33.5 Å². The lowest BCUT2D eigenvalue weighted by Crippen LogP contribution is -2.30. The van der Waals surface area contributed by atoms with Crippen molar-refractivity contribution in [3.05, 3.63) is 60.1 Å². The molecular formula is C17H19NO2. The van der Waals surface area contributed by atoms with E-state index in [1.807, 2.05) is 35.2 Å². The fourth-order valence-electron chi connectivity index (χ4n) is 2.92. The van der Waals surface area contributed by atoms with Crippen molar-refractivity contribution >= 4 is 5.91 Å². The Morgan fingerprint density at radius 1 is 1.20 bits per heavy atom. The minimum atomic E-state index is 0.229. The van der Waals surface area contributed by atoms with Gasteiger partial charge in [-0.3, -0.25) is 4.79 Å². The van der Waals surface area contributed by atoms with Crippen molar-refractivity contribution in [2.75, 3.05) is 6.54 Å². The van der Waals surface area contributed by atoms with Crippen LogP contribution in [0.25, 0.3) is 0 Å². The van der Waals surface area contributed by atoms with Gasteiger partial charge in [0, 0.05) is 19.4 Å². The lowest BCUT2D eigenvalue weighted by atomic mass is 10.0. The third kappa shape index (κ3) is 2.77. The number of furan rings is 1. The first-order chi connectivity index (χ1) is 9.84. The Morgan fingerprint density at radius 2 is 2.05 bits per heavy atom. The van der Waals surface area contributed by atoms with Gasteiger partial charge >= 0.3 is 0 Å². The number of nitrogens with zero attached hydrogens (tertiary/aromatic N) is 1. The van der Waals surface area contributed by atoms with Crippen LogP contribution in [0.5, 0.6) is 0 Å². The van der Waals surface area contributed by atoms with Crippen molar-refractivity contribution in [2.24, 2.45) is 0 Å². The van der Waals surface area contributed by atoms with E-state index >= 15 is 0 Å². The molecule has 1 amide bonds. The van der Waals surface area contributed by atoms with Gasteiger partial charge in [0.05, 0.1) is 12.3 Å². The van der Waals surface area contributed by atoms with Crippen molar-refractivity contribution in [3.8, 4) is 0 Å². The molecule has 0 radical (unpaired) electrons. The van der Waals surface area contributed by atoms with Gasteiger partial charge < -0.3 is 9.32 Å². The van der Waals surface area contributed by atoms with Crippen LogP contribution in [0, 0.1) is 0 Å². The molecule has 1 atom stereocenters. The summed E-state index contributed by atoms with van der Waals surface area (Å²) in [6.45, 7) is 0.872. The molecule has 1 aromatic heterocycles. The van der Waals surface area contributed by atoms with Gasteiger partial charge in [-0.25, -0.2) is 0 Å². The van der Waals surface area contributed by atoms with Gasteiger partial charge in [0.15, 0.2) is 0 Å². The maximum absolute atomic E-state index is 12.4. The smallest absolute Gasteiger partial charge is 0.223 e. The number of aryl methyl sites for hydroxylation is 1. The number of likely N-dealkylation sites (tertiary alicyclic amines) is 1. The van der Waals surface area contributed by atoms with Crippen molar-refractivity contribution in [1.82, 2.24) is 4.90 Å². The van der Waals surface area contributed by atoms with Crippen molar-refractivity contribution < 1.29 is 9.21 Å². The van der Waals surface area contributed by atoms with Gasteiger partial charge in [-0.1, -0.05) is 30.3 Å². The van der Waals surface area contributed by atoms with Gasteiger partial charge in [-0.2, -0.15) is 0 Å². The average molecular weight is 269 g/mol. The Kier molecular flexibility index (Phi) is 3.86. The summed E-state index contributed by atoms with van der Waals surface area (Å²) in [7, 11) is 0. The van der Waals surface area contributed by atoms with Gasteiger partial charge in [0.25, 0.3) is 0 Å². The normalized spacial score (nSPS) is 18.4. The Labute approximate surface area is 119 Å². The van der Waals surface area contributed by atoms with Crippen LogP contribution >= 0.6 is 0 Å². The SMILES string of the molecule is O=C(CCc1ccco1)N1CCC[C@@H]1c1ccccc1. The summed E-state index contributed by atoms with van der Waals surface area (Å²) in [4.78, 5) is 14.4. The second kappa shape index (κ2) is 5.95. The number of carbonyl (C=O) groups excluding carboxylic acids is 1. The van der Waals surface area contributed by atoms with E-state index in [-0.39, 0.29) is 11.9 Å². The van der Waals surface area contributed by atoms with Crippen molar-refractivity contribution in [2.45, 2.75) is 31.7 Å². The fourth-order valence-corrected chi connectivity index (χ4v) is 2.92. The summed E-state index contributed by atoms with van der Waals surface area (Å²) in [5, 5.41) is 0. The third-order valence-corrected chi connectivity index (χ3v) is 3.92. The van der Waals surface area contributed by atoms with Crippen LogP contribution in [0.1, 0.15) is 36.6 Å². The Balaban J connectivity index is 1.64. The maximum atomic E-state index is 12.4. The zero-order valence-corrected chi connectivity index (χ0v) is 11.5. The summed E-state index contributed by atoms with van der Waals surface area (Å²) in [5.41, 5.74) is 1.25. The maximum Gasteiger partial charge on any atom is 0.223 e. The molecule has 3 heteroatoms. The Hall–Kier alpha value is -2.03. The number of rotatable bonds is 4. The highest BCUT2D eigenvalue weighted by atomic mass is 16.3. The molecule has 2 aromatic rings. The number of benzene rings is 1. The summed E-state index contributed by atoms with van der Waals surface area (Å²) >= 11 is 0. The number of carbonyl (C=O) groups is 1. The van der Waals surface area contributed by atoms with Crippen LogP contribution in [0.2, 0.25) is 0 Å². The molecule has 2 heterocycles. The molecule has 0 N–H and O–H groups in total. The lowest BCUT2D eigenvalue weighted by molar-refractivity contribution is -0.132. The van der Waals surface area contributed by atoms with E-state index in [0.717, 1.165) is 25.1 Å². The summed E-state index contributed by atoms with van der Waals surface area (Å²) in [6, 6.07) is 14.4. The van der Waals surface area contributed by atoms with Crippen LogP contribution in [0.3, 0.4) is 0 Å². The van der Waals surface area contributed by atoms with E-state index in [9.17, 15) is 4.79 Å². The van der Waals surface area contributed by atoms with Crippen LogP contribution < -0.4 is 0 Å². The molecule has 1 saturated heterocycles. The molecule has 1 aliphatic heterocycles. The molecule has 104 valence electrons. The van der Waals surface area contributed by atoms with Crippen LogP contribution in [-0.2, 0) is 11.2 Å². The fraction of sp³-hybridized carbons (Fsp3) is 0.353. The molecule has 3 rings (SSSR count). The highest BCUT2D eigenvalue weighted by molar-refractivity contribution is 5.77. The molecule has 0 spiro atoms. The zero-order valence-electron chi connectivity index (χ0n) is 11.5. The molecule has 0 bridgehead atoms. The second-order valence-corrected chi connectivity index (χ2v) is 5.24. The molecule has 20 heavy (non-hydrogen) atoms. The number of amides is 1. The Morgan fingerprint density at radius 3 is 2.80 bits per heavy atom. The number of hydrogen-bond acceptors (Lipinski definition) is 2. The third-order valence-electron chi connectivity index (χ3n) is 3.92. The van der Waals surface area contributed by atoms with E-state index < -0.39 is 0 Å². The van der Waals surface area contributed by atoms with Gasteiger partial charge in [-0.05, 0) is 30.5 Å². The molecule has 0 unspecified atom stereocenters. The first-order valence-electron chi connectivity index (χ1n) is 7.21. The standard InChI is InChI=1S/C17H19NO2/c19-17(11-10-15-8-5-13-20-15)18-12-4-9-16(18)14-6-2-1-3-7-14/h1-3,5-8,13,16H,4,9-12H2/t16-/m1/s1. The molecular weight excluding hydrogens is 250 g/mol. The van der Waals surface area contributed by atoms with Gasteiger partial charge in [0.2, 0.25) is 5.91 Å². The second-order valence-electron chi connectivity index (χ2n) is 5.24. The van der Waals surface area contributed by atoms with Crippen LogP contribution in [0.4, 0.5) is 0 Å². The van der Waals surface area contributed by atoms with E-state index in [1.165, 1.54) is 5.56 Å². The van der Waals surface area contributed by atoms with Crippen LogP contribution in [-0.4, -0.2) is 17.4 Å². The van der Waals surface area contributed by atoms with Crippen molar-refractivity contribution in [1.29, 1.82) is 0 Å². The molecule has 0 saturated carbocycles. The predicted octanol–water partition coefficient (Wildman–Crippen LogP) is 3.58. The predicted molar refractivity (Wildman–Crippen MR) is 77.2 cm³/mol. The first kappa shape index (κ1) is 13.0. The quantitative estimate of drug-likeness (QED) is 0.850. The molecule has 1 aromatic carbocycles. The lowest BCUT2D eigenvalue weighted by Gasteiger charge is -2.25. The summed E-state index contributed by atoms with van der Waals surface area (Å²) in [6.07, 6.45) is 5.02. The highest BCUT2D eigenvalue weighted by Crippen LogP contribution is 2.32. The zero-order chi connectivity index (χ0) is 13.8. The summed E-state index contributed by atoms with van der Waals surface area (Å²) < 4.78 is 5.29. The van der Waals surface area contributed by atoms with E-state index in [4.69, 9.17) is 4.42 Å². The minimum Gasteiger partial charge on any atom is -0.469 e. The Bertz CT molecular complexity index is 548.